The van der Waals surface area contributed by atoms with Gasteiger partial charge in [0.15, 0.2) is 0 Å². The quantitative estimate of drug-likeness (QED) is 0.604. The summed E-state index contributed by atoms with van der Waals surface area (Å²) in [5.74, 6) is 0. The summed E-state index contributed by atoms with van der Waals surface area (Å²) in [6, 6.07) is 0. The van der Waals surface area contributed by atoms with Gasteiger partial charge in [-0.15, -0.1) is 0 Å². The molecule has 0 amide bonds. The lowest BCUT2D eigenvalue weighted by Gasteiger charge is -2.29. The van der Waals surface area contributed by atoms with Crippen molar-refractivity contribution in [3.8, 4) is 0 Å². The van der Waals surface area contributed by atoms with Crippen molar-refractivity contribution < 1.29 is 10.2 Å². The lowest BCUT2D eigenvalue weighted by atomic mass is 9.98. The molecule has 3 N–H and O–H groups in total. The zero-order valence-corrected chi connectivity index (χ0v) is 9.27. The maximum atomic E-state index is 9.23. The van der Waals surface area contributed by atoms with Crippen molar-refractivity contribution in [2.75, 3.05) is 13.2 Å². The van der Waals surface area contributed by atoms with Gasteiger partial charge in [0.05, 0.1) is 30.8 Å². The van der Waals surface area contributed by atoms with Crippen LogP contribution in [0.3, 0.4) is 0 Å². The molecule has 0 aliphatic rings. The van der Waals surface area contributed by atoms with E-state index in [1.807, 2.05) is 18.5 Å². The highest BCUT2D eigenvalue weighted by Crippen LogP contribution is 2.09. The van der Waals surface area contributed by atoms with Crippen molar-refractivity contribution in [2.45, 2.75) is 25.4 Å². The van der Waals surface area contributed by atoms with Gasteiger partial charge in [0.1, 0.15) is 0 Å². The smallest absolute Gasteiger partial charge is 0.0945 e. The molecule has 1 rings (SSSR count). The highest BCUT2D eigenvalue weighted by atomic mass is 16.3. The third kappa shape index (κ3) is 2.77. The van der Waals surface area contributed by atoms with Crippen LogP contribution in [-0.4, -0.2) is 38.5 Å². The average Bonchev–Trinajstić information content (AvgIpc) is 2.67. The fourth-order valence-corrected chi connectivity index (χ4v) is 1.34. The fraction of sp³-hybridized carbons (Fsp3) is 0.700. The molecule has 1 heterocycles. The monoisotopic (exact) mass is 213 g/mol. The van der Waals surface area contributed by atoms with Gasteiger partial charge < -0.3 is 20.1 Å². The first kappa shape index (κ1) is 12.2. The Balaban J connectivity index is 2.58. The Morgan fingerprint density at radius 2 is 2.13 bits per heavy atom. The van der Waals surface area contributed by atoms with Crippen molar-refractivity contribution >= 4 is 0 Å². The predicted molar refractivity (Wildman–Crippen MR) is 57.2 cm³/mol. The minimum atomic E-state index is -0.593. The van der Waals surface area contributed by atoms with E-state index in [9.17, 15) is 10.2 Å². The summed E-state index contributed by atoms with van der Waals surface area (Å²) in [4.78, 5) is 4.00. The van der Waals surface area contributed by atoms with Crippen LogP contribution >= 0.6 is 0 Å². The van der Waals surface area contributed by atoms with E-state index >= 15 is 0 Å². The molecule has 0 radical (unpaired) electrons. The van der Waals surface area contributed by atoms with E-state index in [1.165, 1.54) is 0 Å². The van der Waals surface area contributed by atoms with E-state index in [-0.39, 0.29) is 13.2 Å². The summed E-state index contributed by atoms with van der Waals surface area (Å²) in [6.07, 6.45) is 4.17. The van der Waals surface area contributed by atoms with Crippen LogP contribution in [0, 0.1) is 0 Å². The highest BCUT2D eigenvalue weighted by molar-refractivity contribution is 4.99. The Morgan fingerprint density at radius 3 is 2.53 bits per heavy atom. The number of nitrogens with zero attached hydrogens (tertiary/aromatic N) is 2. The molecule has 1 aromatic heterocycles. The van der Waals surface area contributed by atoms with Gasteiger partial charge >= 0.3 is 0 Å². The number of aryl methyl sites for hydroxylation is 1. The largest absolute Gasteiger partial charge is 0.394 e. The van der Waals surface area contributed by atoms with E-state index in [0.717, 1.165) is 5.69 Å². The zero-order valence-electron chi connectivity index (χ0n) is 9.27. The molecule has 0 aliphatic heterocycles. The lowest BCUT2D eigenvalue weighted by molar-refractivity contribution is 0.0859. The third-order valence-electron chi connectivity index (χ3n) is 2.84. The minimum Gasteiger partial charge on any atom is -0.394 e. The zero-order chi connectivity index (χ0) is 11.3. The number of aliphatic hydroxyl groups excluding tert-OH is 2. The molecule has 0 bridgehead atoms. The van der Waals surface area contributed by atoms with Gasteiger partial charge in [-0.3, -0.25) is 0 Å². The molecule has 15 heavy (non-hydrogen) atoms. The van der Waals surface area contributed by atoms with Crippen molar-refractivity contribution in [3.05, 3.63) is 18.2 Å². The summed E-state index contributed by atoms with van der Waals surface area (Å²) in [7, 11) is 1.91. The molecule has 0 atom stereocenters. The van der Waals surface area contributed by atoms with Crippen LogP contribution in [-0.2, 0) is 13.6 Å². The molecule has 5 heteroatoms. The molecule has 5 nitrogen and oxygen atoms in total. The highest BCUT2D eigenvalue weighted by Gasteiger charge is 2.25. The van der Waals surface area contributed by atoms with Crippen molar-refractivity contribution in [1.82, 2.24) is 14.9 Å². The second-order valence-corrected chi connectivity index (χ2v) is 3.80. The van der Waals surface area contributed by atoms with Crippen LogP contribution in [0.4, 0.5) is 0 Å². The van der Waals surface area contributed by atoms with Gasteiger partial charge in [0.2, 0.25) is 0 Å². The number of aliphatic hydroxyl groups is 2. The molecule has 0 aliphatic carbocycles. The van der Waals surface area contributed by atoms with Crippen LogP contribution < -0.4 is 5.32 Å². The summed E-state index contributed by atoms with van der Waals surface area (Å²) >= 11 is 0. The molecular weight excluding hydrogens is 194 g/mol. The van der Waals surface area contributed by atoms with Gasteiger partial charge in [0, 0.05) is 19.8 Å². The SMILES string of the molecule is CCC(CO)(CO)NCc1cncn1C. The van der Waals surface area contributed by atoms with E-state index in [0.29, 0.717) is 13.0 Å². The molecule has 0 aromatic carbocycles. The van der Waals surface area contributed by atoms with Gasteiger partial charge in [0.25, 0.3) is 0 Å². The molecule has 0 saturated carbocycles. The van der Waals surface area contributed by atoms with E-state index in [4.69, 9.17) is 0 Å². The van der Waals surface area contributed by atoms with Crippen LogP contribution in [0.5, 0.6) is 0 Å². The van der Waals surface area contributed by atoms with Gasteiger partial charge in [-0.05, 0) is 6.42 Å². The first-order valence-electron chi connectivity index (χ1n) is 5.09. The maximum Gasteiger partial charge on any atom is 0.0945 e. The summed E-state index contributed by atoms with van der Waals surface area (Å²) in [6.45, 7) is 2.38. The molecule has 0 spiro atoms. The first-order chi connectivity index (χ1) is 7.17. The molecule has 1 aromatic rings. The number of aromatic nitrogens is 2. The van der Waals surface area contributed by atoms with Gasteiger partial charge in [-0.2, -0.15) is 0 Å². The normalized spacial score (nSPS) is 12.0. The third-order valence-corrected chi connectivity index (χ3v) is 2.84. The van der Waals surface area contributed by atoms with Crippen LogP contribution in [0.25, 0.3) is 0 Å². The standard InChI is InChI=1S/C10H19N3O2/c1-3-10(6-14,7-15)12-5-9-4-11-8-13(9)2/h4,8,12,14-15H,3,5-7H2,1-2H3. The summed E-state index contributed by atoms with van der Waals surface area (Å²) in [5, 5.41) is 21.6. The van der Waals surface area contributed by atoms with Gasteiger partial charge in [-0.1, -0.05) is 6.92 Å². The molecule has 0 saturated heterocycles. The van der Waals surface area contributed by atoms with Crippen LogP contribution in [0.2, 0.25) is 0 Å². The molecular formula is C10H19N3O2. The first-order valence-corrected chi connectivity index (χ1v) is 5.09. The Morgan fingerprint density at radius 1 is 1.47 bits per heavy atom. The fourth-order valence-electron chi connectivity index (χ4n) is 1.34. The van der Waals surface area contributed by atoms with Gasteiger partial charge in [-0.25, -0.2) is 4.98 Å². The number of hydrogen-bond donors (Lipinski definition) is 3. The number of rotatable bonds is 6. The topological polar surface area (TPSA) is 70.3 Å². The Bertz CT molecular complexity index is 286. The van der Waals surface area contributed by atoms with Crippen molar-refractivity contribution in [3.63, 3.8) is 0 Å². The Hall–Kier alpha value is -0.910. The Kier molecular flexibility index (Phi) is 4.26. The molecule has 86 valence electrons. The number of nitrogens with one attached hydrogen (secondary N) is 1. The minimum absolute atomic E-state index is 0.0716. The predicted octanol–water partition coefficient (Wildman–Crippen LogP) is -0.357. The van der Waals surface area contributed by atoms with Crippen molar-refractivity contribution in [1.29, 1.82) is 0 Å². The number of hydrogen-bond acceptors (Lipinski definition) is 4. The Labute approximate surface area is 89.8 Å². The second-order valence-electron chi connectivity index (χ2n) is 3.80. The van der Waals surface area contributed by atoms with E-state index in [2.05, 4.69) is 10.3 Å². The summed E-state index contributed by atoms with van der Waals surface area (Å²) in [5.41, 5.74) is 0.430. The maximum absolute atomic E-state index is 9.23. The second kappa shape index (κ2) is 5.25. The molecule has 0 unspecified atom stereocenters. The summed E-state index contributed by atoms with van der Waals surface area (Å²) < 4.78 is 1.90. The average molecular weight is 213 g/mol. The number of imidazole rings is 1. The molecule has 0 fully saturated rings. The van der Waals surface area contributed by atoms with Crippen molar-refractivity contribution in [2.24, 2.45) is 7.05 Å². The van der Waals surface area contributed by atoms with Crippen LogP contribution in [0.15, 0.2) is 12.5 Å². The van der Waals surface area contributed by atoms with E-state index < -0.39 is 5.54 Å². The van der Waals surface area contributed by atoms with E-state index in [1.54, 1.807) is 12.5 Å². The lowest BCUT2D eigenvalue weighted by Crippen LogP contribution is -2.50. The van der Waals surface area contributed by atoms with Crippen LogP contribution in [0.1, 0.15) is 19.0 Å².